The number of carboxylic acids is 1. The van der Waals surface area contributed by atoms with Crippen molar-refractivity contribution >= 4 is 12.1 Å². The summed E-state index contributed by atoms with van der Waals surface area (Å²) in [5.74, 6) is -1.04. The highest BCUT2D eigenvalue weighted by atomic mass is 16.6. The fourth-order valence-corrected chi connectivity index (χ4v) is 1.67. The van der Waals surface area contributed by atoms with E-state index in [1.165, 1.54) is 0 Å². The van der Waals surface area contributed by atoms with Gasteiger partial charge in [0.25, 0.3) is 0 Å². The Morgan fingerprint density at radius 1 is 1.38 bits per heavy atom. The minimum atomic E-state index is -0.776. The zero-order chi connectivity index (χ0) is 12.3. The molecule has 2 atom stereocenters. The first kappa shape index (κ1) is 12.8. The molecule has 0 heterocycles. The average molecular weight is 229 g/mol. The molecule has 0 spiro atoms. The zero-order valence-electron chi connectivity index (χ0n) is 9.95. The van der Waals surface area contributed by atoms with Crippen LogP contribution in [-0.4, -0.2) is 29.3 Å². The second-order valence-electron chi connectivity index (χ2n) is 5.16. The smallest absolute Gasteiger partial charge is 0.407 e. The number of carbonyl (C=O) groups is 2. The number of carboxylic acid groups (broad SMARTS) is 1. The molecule has 0 aromatic carbocycles. The Hall–Kier alpha value is -1.26. The number of carbonyl (C=O) groups excluding carboxylic acids is 1. The summed E-state index contributed by atoms with van der Waals surface area (Å²) in [4.78, 5) is 22.0. The molecule has 92 valence electrons. The number of aliphatic carboxylic acids is 1. The number of hydrogen-bond acceptors (Lipinski definition) is 3. The highest BCUT2D eigenvalue weighted by Crippen LogP contribution is 2.33. The van der Waals surface area contributed by atoms with Gasteiger partial charge in [-0.3, -0.25) is 4.79 Å². The minimum Gasteiger partial charge on any atom is -0.481 e. The van der Waals surface area contributed by atoms with Gasteiger partial charge in [-0.15, -0.1) is 0 Å². The molecule has 5 heteroatoms. The molecular weight excluding hydrogens is 210 g/mol. The molecular formula is C11H19NO4. The van der Waals surface area contributed by atoms with E-state index in [9.17, 15) is 9.59 Å². The van der Waals surface area contributed by atoms with Gasteiger partial charge in [0, 0.05) is 6.54 Å². The quantitative estimate of drug-likeness (QED) is 0.771. The Morgan fingerprint density at radius 2 is 2.00 bits per heavy atom. The molecule has 0 bridgehead atoms. The minimum absolute atomic E-state index is 0.0463. The Bertz CT molecular complexity index is 282. The Balaban J connectivity index is 2.25. The molecule has 5 nitrogen and oxygen atoms in total. The average Bonchev–Trinajstić information content (AvgIpc) is 1.96. The van der Waals surface area contributed by atoms with Gasteiger partial charge in [-0.05, 0) is 39.5 Å². The van der Waals surface area contributed by atoms with Gasteiger partial charge in [-0.2, -0.15) is 0 Å². The van der Waals surface area contributed by atoms with E-state index in [1.54, 1.807) is 20.8 Å². The van der Waals surface area contributed by atoms with Crippen molar-refractivity contribution in [3.05, 3.63) is 0 Å². The van der Waals surface area contributed by atoms with E-state index in [0.29, 0.717) is 13.0 Å². The maximum absolute atomic E-state index is 11.3. The lowest BCUT2D eigenvalue weighted by atomic mass is 9.74. The van der Waals surface area contributed by atoms with Crippen molar-refractivity contribution in [2.75, 3.05) is 6.54 Å². The summed E-state index contributed by atoms with van der Waals surface area (Å²) in [5.41, 5.74) is -0.518. The van der Waals surface area contributed by atoms with Gasteiger partial charge in [-0.1, -0.05) is 0 Å². The van der Waals surface area contributed by atoms with Crippen molar-refractivity contribution in [2.45, 2.75) is 39.2 Å². The first-order valence-corrected chi connectivity index (χ1v) is 5.49. The standard InChI is InChI=1S/C11H19NO4/c1-11(2,3)16-10(15)12-6-7-4-5-8(7)9(13)14/h7-8H,4-6H2,1-3H3,(H,12,15)(H,13,14). The number of amides is 1. The van der Waals surface area contributed by atoms with Gasteiger partial charge in [0.1, 0.15) is 5.60 Å². The molecule has 0 aromatic rings. The number of nitrogens with one attached hydrogen (secondary N) is 1. The Kier molecular flexibility index (Phi) is 3.78. The van der Waals surface area contributed by atoms with Crippen molar-refractivity contribution in [1.29, 1.82) is 0 Å². The van der Waals surface area contributed by atoms with Crippen LogP contribution in [0.15, 0.2) is 0 Å². The summed E-state index contributed by atoms with van der Waals surface area (Å²) in [6.45, 7) is 5.74. The lowest BCUT2D eigenvalue weighted by Crippen LogP contribution is -2.42. The fraction of sp³-hybridized carbons (Fsp3) is 0.818. The number of rotatable bonds is 3. The van der Waals surface area contributed by atoms with E-state index in [0.717, 1.165) is 6.42 Å². The summed E-state index contributed by atoms with van der Waals surface area (Å²) in [7, 11) is 0. The second-order valence-corrected chi connectivity index (χ2v) is 5.16. The lowest BCUT2D eigenvalue weighted by molar-refractivity contribution is -0.147. The summed E-state index contributed by atoms with van der Waals surface area (Å²) in [5, 5.41) is 11.4. The van der Waals surface area contributed by atoms with Gasteiger partial charge in [0.2, 0.25) is 0 Å². The third kappa shape index (κ3) is 3.72. The van der Waals surface area contributed by atoms with E-state index in [1.807, 2.05) is 0 Å². The van der Waals surface area contributed by atoms with Crippen LogP contribution in [0.2, 0.25) is 0 Å². The van der Waals surface area contributed by atoms with E-state index in [-0.39, 0.29) is 11.8 Å². The maximum Gasteiger partial charge on any atom is 0.407 e. The predicted octanol–water partition coefficient (Wildman–Crippen LogP) is 1.62. The van der Waals surface area contributed by atoms with Crippen LogP contribution >= 0.6 is 0 Å². The third-order valence-corrected chi connectivity index (χ3v) is 2.64. The molecule has 1 aliphatic carbocycles. The van der Waals surface area contributed by atoms with E-state index < -0.39 is 17.7 Å². The molecule has 0 radical (unpaired) electrons. The number of alkyl carbamates (subject to hydrolysis) is 1. The first-order valence-electron chi connectivity index (χ1n) is 5.49. The molecule has 1 amide bonds. The van der Waals surface area contributed by atoms with Crippen LogP contribution in [0.5, 0.6) is 0 Å². The Labute approximate surface area is 95.2 Å². The van der Waals surface area contributed by atoms with E-state index >= 15 is 0 Å². The fourth-order valence-electron chi connectivity index (χ4n) is 1.67. The predicted molar refractivity (Wildman–Crippen MR) is 58.1 cm³/mol. The van der Waals surface area contributed by atoms with Crippen molar-refractivity contribution < 1.29 is 19.4 Å². The molecule has 1 saturated carbocycles. The van der Waals surface area contributed by atoms with Crippen LogP contribution in [0, 0.1) is 11.8 Å². The summed E-state index contributed by atoms with van der Waals surface area (Å²) >= 11 is 0. The van der Waals surface area contributed by atoms with Gasteiger partial charge in [0.05, 0.1) is 5.92 Å². The van der Waals surface area contributed by atoms with Gasteiger partial charge in [-0.25, -0.2) is 4.79 Å². The van der Waals surface area contributed by atoms with Crippen molar-refractivity contribution in [1.82, 2.24) is 5.32 Å². The number of hydrogen-bond donors (Lipinski definition) is 2. The molecule has 1 aliphatic rings. The molecule has 2 unspecified atom stereocenters. The summed E-state index contributed by atoms with van der Waals surface area (Å²) in [6, 6.07) is 0. The Morgan fingerprint density at radius 3 is 2.38 bits per heavy atom. The van der Waals surface area contributed by atoms with Crippen LogP contribution < -0.4 is 5.32 Å². The maximum atomic E-state index is 11.3. The molecule has 1 fully saturated rings. The topological polar surface area (TPSA) is 75.6 Å². The highest BCUT2D eigenvalue weighted by Gasteiger charge is 2.36. The second kappa shape index (κ2) is 4.72. The monoisotopic (exact) mass is 229 g/mol. The van der Waals surface area contributed by atoms with Crippen LogP contribution in [0.1, 0.15) is 33.6 Å². The van der Waals surface area contributed by atoms with Crippen LogP contribution in [0.25, 0.3) is 0 Å². The normalized spacial score (nSPS) is 24.4. The number of ether oxygens (including phenoxy) is 1. The van der Waals surface area contributed by atoms with Gasteiger partial charge < -0.3 is 15.2 Å². The largest absolute Gasteiger partial charge is 0.481 e. The molecule has 2 N–H and O–H groups in total. The summed E-state index contributed by atoms with van der Waals surface area (Å²) < 4.78 is 5.05. The third-order valence-electron chi connectivity index (χ3n) is 2.64. The van der Waals surface area contributed by atoms with Crippen molar-refractivity contribution in [3.8, 4) is 0 Å². The molecule has 0 aromatic heterocycles. The SMILES string of the molecule is CC(C)(C)OC(=O)NCC1CCC1C(=O)O. The molecule has 0 aliphatic heterocycles. The van der Waals surface area contributed by atoms with Gasteiger partial charge >= 0.3 is 12.1 Å². The van der Waals surface area contributed by atoms with Crippen molar-refractivity contribution in [3.63, 3.8) is 0 Å². The van der Waals surface area contributed by atoms with Crippen LogP contribution in [0.3, 0.4) is 0 Å². The van der Waals surface area contributed by atoms with E-state index in [4.69, 9.17) is 9.84 Å². The molecule has 0 saturated heterocycles. The molecule has 1 rings (SSSR count). The lowest BCUT2D eigenvalue weighted by Gasteiger charge is -2.33. The summed E-state index contributed by atoms with van der Waals surface area (Å²) in [6.07, 6.45) is 1.08. The van der Waals surface area contributed by atoms with Crippen molar-refractivity contribution in [2.24, 2.45) is 11.8 Å². The first-order chi connectivity index (χ1) is 7.29. The van der Waals surface area contributed by atoms with Crippen LogP contribution in [-0.2, 0) is 9.53 Å². The van der Waals surface area contributed by atoms with E-state index in [2.05, 4.69) is 5.32 Å². The van der Waals surface area contributed by atoms with Crippen LogP contribution in [0.4, 0.5) is 4.79 Å². The molecule has 16 heavy (non-hydrogen) atoms. The zero-order valence-corrected chi connectivity index (χ0v) is 9.95. The highest BCUT2D eigenvalue weighted by molar-refractivity contribution is 5.72. The van der Waals surface area contributed by atoms with Gasteiger partial charge in [0.15, 0.2) is 0 Å².